The number of nitrogens with zero attached hydrogens (tertiary/aromatic N) is 5. The number of hydrogen-bond donors (Lipinski definition) is 0. The van der Waals surface area contributed by atoms with Gasteiger partial charge in [-0.3, -0.25) is 9.48 Å². The fourth-order valence-corrected chi connectivity index (χ4v) is 3.05. The largest absolute Gasteiger partial charge is 0.293 e. The Bertz CT molecular complexity index is 1030. The summed E-state index contributed by atoms with van der Waals surface area (Å²) in [4.78, 5) is 20.2. The van der Waals surface area contributed by atoms with Gasteiger partial charge in [0.05, 0.1) is 5.52 Å². The van der Waals surface area contributed by atoms with Gasteiger partial charge in [-0.05, 0) is 35.6 Å². The van der Waals surface area contributed by atoms with Crippen molar-refractivity contribution in [3.8, 4) is 17.2 Å². The number of rotatable bonds is 3. The fourth-order valence-electron chi connectivity index (χ4n) is 3.05. The van der Waals surface area contributed by atoms with Gasteiger partial charge < -0.3 is 0 Å². The van der Waals surface area contributed by atoms with Crippen LogP contribution in [0.4, 0.5) is 0 Å². The van der Waals surface area contributed by atoms with E-state index in [4.69, 9.17) is 5.26 Å². The summed E-state index contributed by atoms with van der Waals surface area (Å²) in [6.07, 6.45) is 3.25. The van der Waals surface area contributed by atoms with Crippen molar-refractivity contribution in [2.24, 2.45) is 5.41 Å². The van der Waals surface area contributed by atoms with Crippen LogP contribution in [0.25, 0.3) is 22.0 Å². The highest BCUT2D eigenvalue weighted by molar-refractivity contribution is 6.06. The van der Waals surface area contributed by atoms with Gasteiger partial charge in [0, 0.05) is 36.8 Å². The quantitative estimate of drug-likeness (QED) is 0.670. The molecule has 0 aliphatic heterocycles. The molecule has 6 nitrogen and oxygen atoms in total. The number of Topliss-reactive ketones (excluding diaryl/α,β-unsaturated/α-hetero) is 1. The van der Waals surface area contributed by atoms with Gasteiger partial charge in [-0.25, -0.2) is 9.97 Å². The normalized spacial score (nSPS) is 11.5. The molecule has 0 fully saturated rings. The maximum Gasteiger partial charge on any atom is 0.232 e. The van der Waals surface area contributed by atoms with E-state index in [-0.39, 0.29) is 17.0 Å². The molecule has 0 unspecified atom stereocenters. The van der Waals surface area contributed by atoms with Crippen molar-refractivity contribution in [3.63, 3.8) is 0 Å². The van der Waals surface area contributed by atoms with E-state index in [9.17, 15) is 4.79 Å². The summed E-state index contributed by atoms with van der Waals surface area (Å²) in [5.74, 6) is 0.0734. The maximum absolute atomic E-state index is 12.1. The Kier molecular flexibility index (Phi) is 4.33. The number of hydrogen-bond acceptors (Lipinski definition) is 5. The van der Waals surface area contributed by atoms with Crippen molar-refractivity contribution in [2.75, 3.05) is 0 Å². The van der Waals surface area contributed by atoms with E-state index >= 15 is 0 Å². The van der Waals surface area contributed by atoms with Crippen LogP contribution in [0.2, 0.25) is 0 Å². The van der Waals surface area contributed by atoms with Crippen molar-refractivity contribution in [1.82, 2.24) is 19.7 Å². The van der Waals surface area contributed by atoms with Gasteiger partial charge >= 0.3 is 0 Å². The van der Waals surface area contributed by atoms with Crippen molar-refractivity contribution >= 4 is 16.7 Å². The minimum atomic E-state index is -0.0599. The van der Waals surface area contributed by atoms with Crippen molar-refractivity contribution in [1.29, 1.82) is 5.26 Å². The molecule has 6 heteroatoms. The second-order valence-corrected chi connectivity index (χ2v) is 7.72. The molecular formula is C20H21N5O. The Balaban J connectivity index is 2.22. The average Bonchev–Trinajstić information content (AvgIpc) is 2.92. The minimum Gasteiger partial charge on any atom is -0.293 e. The van der Waals surface area contributed by atoms with Gasteiger partial charge in [0.15, 0.2) is 5.78 Å². The SMILES string of the molecule is CC(=O)c1nn(CC(C)(C)C)c2c(C)cc(-c3cnc(C#N)nc3)cc12. The van der Waals surface area contributed by atoms with E-state index < -0.39 is 0 Å². The summed E-state index contributed by atoms with van der Waals surface area (Å²) in [5, 5.41) is 14.3. The molecule has 0 aliphatic rings. The van der Waals surface area contributed by atoms with Crippen LogP contribution >= 0.6 is 0 Å². The molecule has 0 radical (unpaired) electrons. The lowest BCUT2D eigenvalue weighted by atomic mass is 9.96. The molecule has 0 saturated heterocycles. The van der Waals surface area contributed by atoms with E-state index in [0.29, 0.717) is 5.69 Å². The Labute approximate surface area is 152 Å². The first kappa shape index (κ1) is 17.7. The molecule has 0 atom stereocenters. The van der Waals surface area contributed by atoms with Crippen molar-refractivity contribution < 1.29 is 4.79 Å². The zero-order chi connectivity index (χ0) is 19.1. The molecule has 3 rings (SSSR count). The Morgan fingerprint density at radius 2 is 1.85 bits per heavy atom. The molecule has 0 amide bonds. The molecule has 0 spiro atoms. The summed E-state index contributed by atoms with van der Waals surface area (Å²) in [6.45, 7) is 10.7. The fraction of sp³-hybridized carbons (Fsp3) is 0.350. The van der Waals surface area contributed by atoms with E-state index in [2.05, 4.69) is 35.8 Å². The van der Waals surface area contributed by atoms with Crippen LogP contribution in [0.15, 0.2) is 24.5 Å². The van der Waals surface area contributed by atoms with Crippen LogP contribution in [0, 0.1) is 23.7 Å². The smallest absolute Gasteiger partial charge is 0.232 e. The predicted octanol–water partition coefficient (Wildman–Crippen LogP) is 3.92. The average molecular weight is 347 g/mol. The zero-order valence-electron chi connectivity index (χ0n) is 15.7. The van der Waals surface area contributed by atoms with Crippen molar-refractivity contribution in [2.45, 2.75) is 41.2 Å². The molecular weight excluding hydrogens is 326 g/mol. The highest BCUT2D eigenvalue weighted by atomic mass is 16.1. The number of fused-ring (bicyclic) bond motifs is 1. The number of aryl methyl sites for hydroxylation is 1. The number of ketones is 1. The van der Waals surface area contributed by atoms with Gasteiger partial charge in [-0.1, -0.05) is 20.8 Å². The first-order valence-electron chi connectivity index (χ1n) is 8.44. The van der Waals surface area contributed by atoms with E-state index in [1.165, 1.54) is 6.92 Å². The second kappa shape index (κ2) is 6.34. The Hall–Kier alpha value is -3.07. The van der Waals surface area contributed by atoms with E-state index in [1.807, 2.05) is 29.8 Å². The number of carbonyl (C=O) groups is 1. The molecule has 3 aromatic rings. The summed E-state index contributed by atoms with van der Waals surface area (Å²) in [6, 6.07) is 5.91. The third-order valence-electron chi connectivity index (χ3n) is 4.08. The van der Waals surface area contributed by atoms with E-state index in [1.54, 1.807) is 12.4 Å². The van der Waals surface area contributed by atoms with Gasteiger partial charge in [0.1, 0.15) is 11.8 Å². The lowest BCUT2D eigenvalue weighted by molar-refractivity contribution is 0.101. The van der Waals surface area contributed by atoms with Crippen LogP contribution in [0.5, 0.6) is 0 Å². The monoisotopic (exact) mass is 347 g/mol. The lowest BCUT2D eigenvalue weighted by Crippen LogP contribution is -2.17. The van der Waals surface area contributed by atoms with Gasteiger partial charge in [-0.2, -0.15) is 10.4 Å². The summed E-state index contributed by atoms with van der Waals surface area (Å²) >= 11 is 0. The summed E-state index contributed by atoms with van der Waals surface area (Å²) < 4.78 is 1.93. The molecule has 0 aliphatic carbocycles. The first-order chi connectivity index (χ1) is 12.2. The van der Waals surface area contributed by atoms with Crippen LogP contribution in [-0.2, 0) is 6.54 Å². The first-order valence-corrected chi connectivity index (χ1v) is 8.44. The van der Waals surface area contributed by atoms with Gasteiger partial charge in [0.2, 0.25) is 5.82 Å². The lowest BCUT2D eigenvalue weighted by Gasteiger charge is -2.19. The molecule has 0 N–H and O–H groups in total. The van der Waals surface area contributed by atoms with Gasteiger partial charge in [0.25, 0.3) is 0 Å². The molecule has 0 bridgehead atoms. The number of benzene rings is 1. The molecule has 2 aromatic heterocycles. The zero-order valence-corrected chi connectivity index (χ0v) is 15.7. The number of nitriles is 1. The van der Waals surface area contributed by atoms with Crippen LogP contribution < -0.4 is 0 Å². The minimum absolute atomic E-state index is 0.0408. The van der Waals surface area contributed by atoms with Gasteiger partial charge in [-0.15, -0.1) is 0 Å². The predicted molar refractivity (Wildman–Crippen MR) is 99.7 cm³/mol. The molecule has 132 valence electrons. The Morgan fingerprint density at radius 3 is 2.38 bits per heavy atom. The van der Waals surface area contributed by atoms with Crippen LogP contribution in [0.3, 0.4) is 0 Å². The second-order valence-electron chi connectivity index (χ2n) is 7.72. The number of carbonyl (C=O) groups excluding carboxylic acids is 1. The standard InChI is InChI=1S/C20H21N5O/c1-12-6-14(15-9-22-17(8-21)23-10-15)7-16-18(13(2)26)24-25(19(12)16)11-20(3,4)5/h6-7,9-10H,11H2,1-5H3. The molecule has 2 heterocycles. The number of aromatic nitrogens is 4. The van der Waals surface area contributed by atoms with E-state index in [0.717, 1.165) is 34.1 Å². The maximum atomic E-state index is 12.1. The van der Waals surface area contributed by atoms with Crippen molar-refractivity contribution in [3.05, 3.63) is 41.6 Å². The Morgan fingerprint density at radius 1 is 1.19 bits per heavy atom. The molecule has 0 saturated carbocycles. The third kappa shape index (κ3) is 3.33. The summed E-state index contributed by atoms with van der Waals surface area (Å²) in [5.41, 5.74) is 4.22. The molecule has 1 aromatic carbocycles. The van der Waals surface area contributed by atoms with Crippen LogP contribution in [-0.4, -0.2) is 25.5 Å². The third-order valence-corrected chi connectivity index (χ3v) is 4.08. The highest BCUT2D eigenvalue weighted by Crippen LogP contribution is 2.31. The summed E-state index contributed by atoms with van der Waals surface area (Å²) in [7, 11) is 0. The topological polar surface area (TPSA) is 84.5 Å². The van der Waals surface area contributed by atoms with Crippen LogP contribution in [0.1, 0.15) is 49.6 Å². The molecule has 26 heavy (non-hydrogen) atoms. The highest BCUT2D eigenvalue weighted by Gasteiger charge is 2.21.